The number of hydrogen-bond acceptors (Lipinski definition) is 3. The molecule has 0 atom stereocenters. The quantitative estimate of drug-likeness (QED) is 0.774. The fraction of sp³-hybridized carbons (Fsp3) is 0.467. The second-order valence-corrected chi connectivity index (χ2v) is 7.04. The van der Waals surface area contributed by atoms with E-state index in [1.165, 1.54) is 31.0 Å². The maximum absolute atomic E-state index is 11.9. The van der Waals surface area contributed by atoms with Gasteiger partial charge in [-0.15, -0.1) is 11.8 Å². The van der Waals surface area contributed by atoms with Crippen LogP contribution in [0.2, 0.25) is 0 Å². The summed E-state index contributed by atoms with van der Waals surface area (Å²) < 4.78 is 0.547. The summed E-state index contributed by atoms with van der Waals surface area (Å²) in [6.07, 6.45) is 5.77. The van der Waals surface area contributed by atoms with Crippen molar-refractivity contribution < 1.29 is 14.7 Å². The van der Waals surface area contributed by atoms with E-state index in [9.17, 15) is 9.59 Å². The van der Waals surface area contributed by atoms with Gasteiger partial charge < -0.3 is 10.4 Å². The normalized spacial score (nSPS) is 15.7. The van der Waals surface area contributed by atoms with Gasteiger partial charge in [-0.1, -0.05) is 19.3 Å². The van der Waals surface area contributed by atoms with Crippen LogP contribution in [0.1, 0.15) is 42.5 Å². The Morgan fingerprint density at radius 2 is 2.00 bits per heavy atom. The lowest BCUT2D eigenvalue weighted by Gasteiger charge is -2.22. The number of nitrogens with one attached hydrogen (secondary N) is 1. The molecule has 2 rings (SSSR count). The van der Waals surface area contributed by atoms with E-state index in [0.29, 0.717) is 16.3 Å². The smallest absolute Gasteiger partial charge is 0.336 e. The summed E-state index contributed by atoms with van der Waals surface area (Å²) in [5.74, 6) is -0.639. The van der Waals surface area contributed by atoms with E-state index in [-0.39, 0.29) is 11.5 Å². The minimum absolute atomic E-state index is 0.0201. The van der Waals surface area contributed by atoms with Crippen LogP contribution in [-0.2, 0) is 4.79 Å². The van der Waals surface area contributed by atoms with Crippen molar-refractivity contribution in [2.24, 2.45) is 0 Å². The number of carbonyl (C=O) groups is 2. The highest BCUT2D eigenvalue weighted by Crippen LogP contribution is 2.25. The predicted molar refractivity (Wildman–Crippen MR) is 86.8 cm³/mol. The summed E-state index contributed by atoms with van der Waals surface area (Å²) in [4.78, 5) is 23.8. The first-order valence-corrected chi connectivity index (χ1v) is 8.79. The van der Waals surface area contributed by atoms with Gasteiger partial charge in [0.1, 0.15) is 0 Å². The molecule has 4 nitrogen and oxygen atoms in total. The zero-order valence-corrected chi connectivity index (χ0v) is 14.0. The predicted octanol–water partition coefficient (Wildman–Crippen LogP) is 3.69. The topological polar surface area (TPSA) is 66.4 Å². The van der Waals surface area contributed by atoms with Gasteiger partial charge in [-0.2, -0.15) is 0 Å². The van der Waals surface area contributed by atoms with Crippen LogP contribution in [0.3, 0.4) is 0 Å². The van der Waals surface area contributed by atoms with Gasteiger partial charge in [0, 0.05) is 15.4 Å². The summed E-state index contributed by atoms with van der Waals surface area (Å²) in [6.45, 7) is 0. The van der Waals surface area contributed by atoms with E-state index >= 15 is 0 Å². The fourth-order valence-corrected chi connectivity index (χ4v) is 3.59. The Morgan fingerprint density at radius 1 is 1.29 bits per heavy atom. The van der Waals surface area contributed by atoms with Crippen molar-refractivity contribution in [3.8, 4) is 0 Å². The highest BCUT2D eigenvalue weighted by molar-refractivity contribution is 9.10. The van der Waals surface area contributed by atoms with Crippen LogP contribution >= 0.6 is 27.7 Å². The van der Waals surface area contributed by atoms with Crippen molar-refractivity contribution in [2.75, 3.05) is 5.75 Å². The fourth-order valence-electron chi connectivity index (χ4n) is 2.42. The van der Waals surface area contributed by atoms with Crippen molar-refractivity contribution in [1.82, 2.24) is 5.32 Å². The molecule has 1 aliphatic carbocycles. The molecule has 0 bridgehead atoms. The molecule has 0 aliphatic heterocycles. The summed E-state index contributed by atoms with van der Waals surface area (Å²) in [6, 6.07) is 5.41. The lowest BCUT2D eigenvalue weighted by atomic mass is 9.95. The Bertz CT molecular complexity index is 530. The third-order valence-corrected chi connectivity index (χ3v) is 5.19. The molecule has 0 radical (unpaired) electrons. The van der Waals surface area contributed by atoms with Gasteiger partial charge in [0.15, 0.2) is 0 Å². The highest BCUT2D eigenvalue weighted by Gasteiger charge is 2.16. The Hall–Kier alpha value is -1.01. The van der Waals surface area contributed by atoms with Gasteiger partial charge in [0.05, 0.1) is 11.3 Å². The minimum Gasteiger partial charge on any atom is -0.478 e. The van der Waals surface area contributed by atoms with Crippen LogP contribution in [-0.4, -0.2) is 28.8 Å². The lowest BCUT2D eigenvalue weighted by Crippen LogP contribution is -2.37. The summed E-state index contributed by atoms with van der Waals surface area (Å²) in [5.41, 5.74) is 0.215. The van der Waals surface area contributed by atoms with Gasteiger partial charge >= 0.3 is 5.97 Å². The summed E-state index contributed by atoms with van der Waals surface area (Å²) in [5, 5.41) is 12.1. The molecular formula is C15H18BrNO3S. The van der Waals surface area contributed by atoms with Gasteiger partial charge in [0.2, 0.25) is 5.91 Å². The Balaban J connectivity index is 1.86. The first-order valence-electron chi connectivity index (χ1n) is 7.01. The Kier molecular flexibility index (Phi) is 6.11. The third-order valence-electron chi connectivity index (χ3n) is 3.51. The second-order valence-electron chi connectivity index (χ2n) is 5.14. The van der Waals surface area contributed by atoms with Gasteiger partial charge in [0.25, 0.3) is 0 Å². The van der Waals surface area contributed by atoms with E-state index < -0.39 is 5.97 Å². The SMILES string of the molecule is O=C(CSc1ccc(Br)c(C(=O)O)c1)NC1CCCCC1. The number of carboxylic acid groups (broad SMARTS) is 1. The zero-order valence-electron chi connectivity index (χ0n) is 11.6. The third kappa shape index (κ3) is 5.04. The van der Waals surface area contributed by atoms with Crippen LogP contribution in [0.15, 0.2) is 27.6 Å². The van der Waals surface area contributed by atoms with Crippen LogP contribution in [0.5, 0.6) is 0 Å². The molecule has 6 heteroatoms. The molecule has 1 fully saturated rings. The molecular weight excluding hydrogens is 354 g/mol. The molecule has 21 heavy (non-hydrogen) atoms. The highest BCUT2D eigenvalue weighted by atomic mass is 79.9. The standard InChI is InChI=1S/C15H18BrNO3S/c16-13-7-6-11(8-12(13)15(19)20)21-9-14(18)17-10-4-2-1-3-5-10/h6-8,10H,1-5,9H2,(H,17,18)(H,19,20). The second kappa shape index (κ2) is 7.84. The average molecular weight is 372 g/mol. The number of amides is 1. The molecule has 2 N–H and O–H groups in total. The molecule has 1 aromatic rings. The number of aromatic carboxylic acids is 1. The number of halogens is 1. The minimum atomic E-state index is -0.976. The first kappa shape index (κ1) is 16.4. The van der Waals surface area contributed by atoms with E-state index in [1.54, 1.807) is 12.1 Å². The molecule has 1 aromatic carbocycles. The van der Waals surface area contributed by atoms with Crippen molar-refractivity contribution in [1.29, 1.82) is 0 Å². The maximum atomic E-state index is 11.9. The molecule has 0 spiro atoms. The Labute approximate surface area is 136 Å². The summed E-state index contributed by atoms with van der Waals surface area (Å²) >= 11 is 4.57. The van der Waals surface area contributed by atoms with Crippen molar-refractivity contribution >= 4 is 39.6 Å². The van der Waals surface area contributed by atoms with Crippen LogP contribution in [0.4, 0.5) is 0 Å². The molecule has 0 heterocycles. The Morgan fingerprint density at radius 3 is 2.67 bits per heavy atom. The van der Waals surface area contributed by atoms with Crippen LogP contribution in [0, 0.1) is 0 Å². The average Bonchev–Trinajstić information content (AvgIpc) is 2.47. The van der Waals surface area contributed by atoms with Crippen LogP contribution < -0.4 is 5.32 Å². The van der Waals surface area contributed by atoms with E-state index in [4.69, 9.17) is 5.11 Å². The monoisotopic (exact) mass is 371 g/mol. The molecule has 1 amide bonds. The number of hydrogen-bond donors (Lipinski definition) is 2. The largest absolute Gasteiger partial charge is 0.478 e. The maximum Gasteiger partial charge on any atom is 0.336 e. The van der Waals surface area contributed by atoms with Crippen molar-refractivity contribution in [3.05, 3.63) is 28.2 Å². The lowest BCUT2D eigenvalue weighted by molar-refractivity contribution is -0.119. The molecule has 114 valence electrons. The van der Waals surface area contributed by atoms with Crippen molar-refractivity contribution in [3.63, 3.8) is 0 Å². The first-order chi connectivity index (χ1) is 10.1. The summed E-state index contributed by atoms with van der Waals surface area (Å²) in [7, 11) is 0. The number of rotatable bonds is 5. The van der Waals surface area contributed by atoms with Crippen LogP contribution in [0.25, 0.3) is 0 Å². The zero-order chi connectivity index (χ0) is 15.2. The van der Waals surface area contributed by atoms with Crippen molar-refractivity contribution in [2.45, 2.75) is 43.0 Å². The van der Waals surface area contributed by atoms with E-state index in [0.717, 1.165) is 17.7 Å². The number of benzene rings is 1. The molecule has 1 aliphatic rings. The molecule has 1 saturated carbocycles. The molecule has 0 aromatic heterocycles. The van der Waals surface area contributed by atoms with E-state index in [1.807, 2.05) is 6.07 Å². The number of carbonyl (C=O) groups excluding carboxylic acids is 1. The molecule has 0 saturated heterocycles. The van der Waals surface area contributed by atoms with Gasteiger partial charge in [-0.3, -0.25) is 4.79 Å². The van der Waals surface area contributed by atoms with E-state index in [2.05, 4.69) is 21.2 Å². The van der Waals surface area contributed by atoms with Gasteiger partial charge in [-0.25, -0.2) is 4.79 Å². The number of carboxylic acids is 1. The van der Waals surface area contributed by atoms with Gasteiger partial charge in [-0.05, 0) is 47.0 Å². The molecule has 0 unspecified atom stereocenters. The number of thioether (sulfide) groups is 1.